The summed E-state index contributed by atoms with van der Waals surface area (Å²) in [6, 6.07) is 6.18. The van der Waals surface area contributed by atoms with Crippen molar-refractivity contribution < 1.29 is 8.42 Å². The van der Waals surface area contributed by atoms with Crippen LogP contribution < -0.4 is 0 Å². The molecule has 6 heteroatoms. The molecule has 1 aromatic carbocycles. The van der Waals surface area contributed by atoms with Crippen LogP contribution in [0, 0.1) is 0 Å². The second kappa shape index (κ2) is 3.91. The van der Waals surface area contributed by atoms with Gasteiger partial charge in [0.05, 0.1) is 4.90 Å². The third-order valence-electron chi connectivity index (χ3n) is 1.21. The van der Waals surface area contributed by atoms with Gasteiger partial charge >= 0.3 is 0 Å². The van der Waals surface area contributed by atoms with Gasteiger partial charge in [0, 0.05) is 15.6 Å². The van der Waals surface area contributed by atoms with E-state index in [-0.39, 0.29) is 4.90 Å². The van der Waals surface area contributed by atoms with Gasteiger partial charge < -0.3 is 0 Å². The zero-order chi connectivity index (χ0) is 9.19. The molecule has 0 amide bonds. The first-order valence-electron chi connectivity index (χ1n) is 2.90. The first-order valence-corrected chi connectivity index (χ1v) is 7.08. The molecule has 0 saturated carbocycles. The lowest BCUT2D eigenvalue weighted by atomic mass is 10.4. The van der Waals surface area contributed by atoms with E-state index in [2.05, 4.69) is 11.7 Å². The van der Waals surface area contributed by atoms with E-state index >= 15 is 0 Å². The van der Waals surface area contributed by atoms with Gasteiger partial charge in [-0.25, -0.2) is 8.42 Å². The Balaban J connectivity index is 3.09. The molecule has 0 fully saturated rings. The fourth-order valence-corrected chi connectivity index (χ4v) is 2.06. The summed E-state index contributed by atoms with van der Waals surface area (Å²) in [4.78, 5) is 0.984. The van der Waals surface area contributed by atoms with Crippen LogP contribution in [-0.4, -0.2) is 8.42 Å². The molecule has 12 heavy (non-hydrogen) atoms. The van der Waals surface area contributed by atoms with Crippen molar-refractivity contribution in [3.05, 3.63) is 24.3 Å². The summed E-state index contributed by atoms with van der Waals surface area (Å²) in [6.45, 7) is 0. The summed E-state index contributed by atoms with van der Waals surface area (Å²) >= 11 is 3.95. The SMILES string of the molecule is O=S(=O)(Cl)c1ccc(SS)cc1. The third kappa shape index (κ3) is 2.58. The van der Waals surface area contributed by atoms with Gasteiger partial charge in [0.1, 0.15) is 0 Å². The molecule has 0 atom stereocenters. The highest BCUT2D eigenvalue weighted by Crippen LogP contribution is 2.23. The average molecular weight is 241 g/mol. The number of thiol groups is 1. The van der Waals surface area contributed by atoms with Crippen molar-refractivity contribution in [3.8, 4) is 0 Å². The van der Waals surface area contributed by atoms with Crippen LogP contribution in [0.5, 0.6) is 0 Å². The van der Waals surface area contributed by atoms with Crippen molar-refractivity contribution in [1.29, 1.82) is 0 Å². The maximum Gasteiger partial charge on any atom is 0.261 e. The third-order valence-corrected chi connectivity index (χ3v) is 3.70. The minimum Gasteiger partial charge on any atom is -0.207 e. The lowest BCUT2D eigenvalue weighted by Gasteiger charge is -1.96. The fourth-order valence-electron chi connectivity index (χ4n) is 0.663. The Morgan fingerprint density at radius 2 is 1.75 bits per heavy atom. The largest absolute Gasteiger partial charge is 0.261 e. The summed E-state index contributed by atoms with van der Waals surface area (Å²) < 4.78 is 21.5. The van der Waals surface area contributed by atoms with Crippen LogP contribution in [0.1, 0.15) is 0 Å². The summed E-state index contributed by atoms with van der Waals surface area (Å²) in [5.74, 6) is 0. The monoisotopic (exact) mass is 240 g/mol. The van der Waals surface area contributed by atoms with Crippen LogP contribution in [0.4, 0.5) is 0 Å². The molecule has 0 aliphatic carbocycles. The van der Waals surface area contributed by atoms with Gasteiger partial charge in [-0.2, -0.15) is 0 Å². The van der Waals surface area contributed by atoms with Gasteiger partial charge in [0.25, 0.3) is 9.05 Å². The first kappa shape index (κ1) is 10.2. The summed E-state index contributed by atoms with van der Waals surface area (Å²) in [6.07, 6.45) is 0. The lowest BCUT2D eigenvalue weighted by Crippen LogP contribution is -1.88. The number of rotatable bonds is 2. The average Bonchev–Trinajstić information content (AvgIpc) is 2.03. The lowest BCUT2D eigenvalue weighted by molar-refractivity contribution is 0.609. The molecular formula is C6H5ClO2S3. The van der Waals surface area contributed by atoms with Gasteiger partial charge in [-0.05, 0) is 24.3 Å². The Labute approximate surface area is 84.5 Å². The molecule has 0 radical (unpaired) electrons. The van der Waals surface area contributed by atoms with Gasteiger partial charge in [0.15, 0.2) is 0 Å². The molecule has 66 valence electrons. The van der Waals surface area contributed by atoms with E-state index in [0.717, 1.165) is 4.90 Å². The zero-order valence-electron chi connectivity index (χ0n) is 5.77. The van der Waals surface area contributed by atoms with Crippen LogP contribution in [0.15, 0.2) is 34.1 Å². The van der Waals surface area contributed by atoms with E-state index in [1.165, 1.54) is 22.9 Å². The number of hydrogen-bond acceptors (Lipinski definition) is 4. The van der Waals surface area contributed by atoms with Crippen molar-refractivity contribution in [1.82, 2.24) is 0 Å². The fraction of sp³-hybridized carbons (Fsp3) is 0. The molecular weight excluding hydrogens is 236 g/mol. The molecule has 1 rings (SSSR count). The van der Waals surface area contributed by atoms with Crippen molar-refractivity contribution in [2.45, 2.75) is 9.79 Å². The van der Waals surface area contributed by atoms with Crippen molar-refractivity contribution in [2.24, 2.45) is 0 Å². The highest BCUT2D eigenvalue weighted by atomic mass is 35.7. The van der Waals surface area contributed by atoms with Crippen LogP contribution in [0.2, 0.25) is 0 Å². The Kier molecular flexibility index (Phi) is 3.34. The molecule has 2 nitrogen and oxygen atoms in total. The van der Waals surface area contributed by atoms with Gasteiger partial charge in [-0.15, -0.1) is 11.7 Å². The van der Waals surface area contributed by atoms with E-state index in [0.29, 0.717) is 0 Å². The van der Waals surface area contributed by atoms with Crippen LogP contribution in [-0.2, 0) is 9.05 Å². The number of halogens is 1. The number of hydrogen-bond donors (Lipinski definition) is 1. The topological polar surface area (TPSA) is 34.1 Å². The Morgan fingerprint density at radius 1 is 1.25 bits per heavy atom. The van der Waals surface area contributed by atoms with E-state index in [1.54, 1.807) is 12.1 Å². The van der Waals surface area contributed by atoms with Gasteiger partial charge in [-0.3, -0.25) is 0 Å². The molecule has 1 aromatic rings. The predicted octanol–water partition coefficient (Wildman–Crippen LogP) is 2.55. The first-order chi connectivity index (χ1) is 5.54. The number of benzene rings is 1. The normalized spacial score (nSPS) is 11.5. The highest BCUT2D eigenvalue weighted by molar-refractivity contribution is 8.68. The summed E-state index contributed by atoms with van der Waals surface area (Å²) in [5, 5.41) is 0. The molecule has 0 bridgehead atoms. The van der Waals surface area contributed by atoms with Crippen molar-refractivity contribution >= 4 is 42.2 Å². The Bertz CT molecular complexity index is 357. The zero-order valence-corrected chi connectivity index (χ0v) is 9.05. The smallest absolute Gasteiger partial charge is 0.207 e. The molecule has 0 spiro atoms. The second-order valence-electron chi connectivity index (χ2n) is 2.00. The van der Waals surface area contributed by atoms with Crippen molar-refractivity contribution in [3.63, 3.8) is 0 Å². The molecule has 0 heterocycles. The summed E-state index contributed by atoms with van der Waals surface area (Å²) in [5.41, 5.74) is 0. The second-order valence-corrected chi connectivity index (χ2v) is 5.77. The Morgan fingerprint density at radius 3 is 2.08 bits per heavy atom. The molecule has 0 saturated heterocycles. The van der Waals surface area contributed by atoms with E-state index in [9.17, 15) is 8.42 Å². The van der Waals surface area contributed by atoms with E-state index < -0.39 is 9.05 Å². The van der Waals surface area contributed by atoms with Crippen LogP contribution >= 0.6 is 33.1 Å². The van der Waals surface area contributed by atoms with Crippen molar-refractivity contribution in [2.75, 3.05) is 0 Å². The van der Waals surface area contributed by atoms with Crippen LogP contribution in [0.3, 0.4) is 0 Å². The summed E-state index contributed by atoms with van der Waals surface area (Å²) in [7, 11) is 2.76. The van der Waals surface area contributed by atoms with E-state index in [1.807, 2.05) is 0 Å². The minimum atomic E-state index is -3.59. The molecule has 0 unspecified atom stereocenters. The molecule has 0 aliphatic rings. The maximum absolute atomic E-state index is 10.8. The van der Waals surface area contributed by atoms with Crippen LogP contribution in [0.25, 0.3) is 0 Å². The quantitative estimate of drug-likeness (QED) is 0.490. The van der Waals surface area contributed by atoms with Gasteiger partial charge in [-0.1, -0.05) is 10.8 Å². The standard InChI is InChI=1S/C6H5ClO2S3/c7-12(8,9)6-3-1-5(11-10)2-4-6/h1-4,10H. The predicted molar refractivity (Wildman–Crippen MR) is 54.3 cm³/mol. The molecule has 0 aliphatic heterocycles. The highest BCUT2D eigenvalue weighted by Gasteiger charge is 2.08. The molecule has 0 N–H and O–H groups in total. The van der Waals surface area contributed by atoms with E-state index in [4.69, 9.17) is 10.7 Å². The molecule has 0 aromatic heterocycles. The minimum absolute atomic E-state index is 0.107. The maximum atomic E-state index is 10.8. The van der Waals surface area contributed by atoms with Gasteiger partial charge in [0.2, 0.25) is 0 Å². The Hall–Kier alpha value is 0.160.